The Balaban J connectivity index is 2.49. The van der Waals surface area contributed by atoms with Crippen molar-refractivity contribution in [3.63, 3.8) is 0 Å². The lowest BCUT2D eigenvalue weighted by Crippen LogP contribution is -2.29. The molecule has 0 bridgehead atoms. The van der Waals surface area contributed by atoms with Crippen molar-refractivity contribution in [3.8, 4) is 0 Å². The quantitative estimate of drug-likeness (QED) is 0.639. The van der Waals surface area contributed by atoms with Crippen LogP contribution in [0.3, 0.4) is 0 Å². The van der Waals surface area contributed by atoms with Gasteiger partial charge in [0.05, 0.1) is 12.9 Å². The molecule has 3 unspecified atom stereocenters. The van der Waals surface area contributed by atoms with Crippen LogP contribution in [0.1, 0.15) is 18.7 Å². The van der Waals surface area contributed by atoms with Crippen LogP contribution in [0.4, 0.5) is 10.2 Å². The van der Waals surface area contributed by atoms with Crippen molar-refractivity contribution in [2.75, 3.05) is 12.3 Å². The smallest absolute Gasteiger partial charge is 0.351 e. The summed E-state index contributed by atoms with van der Waals surface area (Å²) >= 11 is 0. The summed E-state index contributed by atoms with van der Waals surface area (Å²) in [5.74, 6) is -0.342. The molecule has 1 aliphatic heterocycles. The summed E-state index contributed by atoms with van der Waals surface area (Å²) in [6.45, 7) is 0.783. The van der Waals surface area contributed by atoms with Crippen LogP contribution in [0, 0.1) is 0 Å². The second-order valence-corrected chi connectivity index (χ2v) is 4.98. The first-order chi connectivity index (χ1) is 10.9. The van der Waals surface area contributed by atoms with Crippen LogP contribution < -0.4 is 11.4 Å². The molecule has 124 valence electrons. The number of hydrogen-bond donors (Lipinski definition) is 3. The van der Waals surface area contributed by atoms with Gasteiger partial charge < -0.3 is 20.7 Å². The van der Waals surface area contributed by atoms with Crippen LogP contribution in [-0.2, 0) is 9.53 Å². The van der Waals surface area contributed by atoms with E-state index in [0.29, 0.717) is 0 Å². The Labute approximate surface area is 130 Å². The lowest BCUT2D eigenvalue weighted by Gasteiger charge is -2.16. The summed E-state index contributed by atoms with van der Waals surface area (Å²) in [6, 6.07) is 0. The molecule has 0 aromatic carbocycles. The number of ether oxygens (including phenoxy) is 1. The Hall–Kier alpha value is -2.36. The third-order valence-electron chi connectivity index (χ3n) is 3.35. The van der Waals surface area contributed by atoms with Crippen molar-refractivity contribution in [2.24, 2.45) is 0 Å². The van der Waals surface area contributed by atoms with Crippen molar-refractivity contribution < 1.29 is 24.1 Å². The highest BCUT2D eigenvalue weighted by Gasteiger charge is 2.40. The van der Waals surface area contributed by atoms with E-state index in [1.807, 2.05) is 0 Å². The molecule has 2 rings (SSSR count). The molecule has 1 saturated heterocycles. The number of aromatic nitrogens is 2. The molecule has 4 N–H and O–H groups in total. The van der Waals surface area contributed by atoms with Gasteiger partial charge in [-0.25, -0.2) is 9.18 Å². The normalized spacial score (nSPS) is 26.3. The van der Waals surface area contributed by atoms with Crippen LogP contribution in [0.5, 0.6) is 0 Å². The zero-order valence-electron chi connectivity index (χ0n) is 12.2. The molecule has 8 nitrogen and oxygen atoms in total. The van der Waals surface area contributed by atoms with Gasteiger partial charge in [0.2, 0.25) is 0 Å². The summed E-state index contributed by atoms with van der Waals surface area (Å²) in [4.78, 5) is 26.6. The van der Waals surface area contributed by atoms with E-state index in [4.69, 9.17) is 15.6 Å². The Morgan fingerprint density at radius 1 is 1.61 bits per heavy atom. The highest BCUT2D eigenvalue weighted by atomic mass is 19.1. The number of carbonyl (C=O) groups excluding carboxylic acids is 1. The molecule has 3 atom stereocenters. The predicted octanol–water partition coefficient (Wildman–Crippen LogP) is -0.468. The maximum Gasteiger partial charge on any atom is 0.351 e. The lowest BCUT2D eigenvalue weighted by atomic mass is 10.1. The molecular weight excluding hydrogens is 309 g/mol. The number of halogens is 1. The standard InChI is InChI=1S/C14H16FN3O5/c1-7(20)2-3-8-5-18(14(22)17-12(8)16)13-9(4-15)11(21)10(6-19)23-13/h2-5,10-11,13,19,21H,6H2,1H3,(H2,16,17,22)/b3-2+,9-4+. The number of rotatable bonds is 4. The third kappa shape index (κ3) is 3.36. The molecule has 23 heavy (non-hydrogen) atoms. The van der Waals surface area contributed by atoms with Crippen LogP contribution in [-0.4, -0.2) is 44.4 Å². The van der Waals surface area contributed by atoms with E-state index >= 15 is 0 Å². The molecular formula is C14H16FN3O5. The predicted molar refractivity (Wildman–Crippen MR) is 78.8 cm³/mol. The summed E-state index contributed by atoms with van der Waals surface area (Å²) in [5.41, 5.74) is 4.83. The summed E-state index contributed by atoms with van der Waals surface area (Å²) in [5, 5.41) is 19.0. The Bertz CT molecular complexity index is 728. The number of aliphatic hydroxyl groups excluding tert-OH is 2. The monoisotopic (exact) mass is 325 g/mol. The summed E-state index contributed by atoms with van der Waals surface area (Å²) in [6.07, 6.45) is 0.225. The van der Waals surface area contributed by atoms with Crippen molar-refractivity contribution in [2.45, 2.75) is 25.4 Å². The first kappa shape index (κ1) is 17.0. The topological polar surface area (TPSA) is 128 Å². The van der Waals surface area contributed by atoms with E-state index in [1.165, 1.54) is 25.3 Å². The van der Waals surface area contributed by atoms with Crippen LogP contribution in [0.2, 0.25) is 0 Å². The van der Waals surface area contributed by atoms with Gasteiger partial charge in [-0.1, -0.05) is 0 Å². The maximum atomic E-state index is 13.1. The largest absolute Gasteiger partial charge is 0.394 e. The molecule has 9 heteroatoms. The van der Waals surface area contributed by atoms with Gasteiger partial charge in [-0.05, 0) is 19.1 Å². The van der Waals surface area contributed by atoms with E-state index < -0.39 is 30.7 Å². The van der Waals surface area contributed by atoms with Gasteiger partial charge >= 0.3 is 5.69 Å². The van der Waals surface area contributed by atoms with E-state index in [1.54, 1.807) is 0 Å². The molecule has 0 aliphatic carbocycles. The molecule has 1 fully saturated rings. The van der Waals surface area contributed by atoms with Crippen LogP contribution >= 0.6 is 0 Å². The number of carbonyl (C=O) groups is 1. The minimum Gasteiger partial charge on any atom is -0.394 e. The average molecular weight is 325 g/mol. The maximum absolute atomic E-state index is 13.1. The van der Waals surface area contributed by atoms with Gasteiger partial charge in [0.1, 0.15) is 18.0 Å². The zero-order valence-corrected chi connectivity index (χ0v) is 12.2. The molecule has 1 aromatic rings. The van der Waals surface area contributed by atoms with E-state index in [2.05, 4.69) is 4.98 Å². The SMILES string of the molecule is CC(=O)/C=C/c1cn(C2OC(CO)C(O)/C2=C\F)c(=O)nc1N. The summed E-state index contributed by atoms with van der Waals surface area (Å²) in [7, 11) is 0. The van der Waals surface area contributed by atoms with Gasteiger partial charge in [-0.2, -0.15) is 4.98 Å². The fraction of sp³-hybridized carbons (Fsp3) is 0.357. The number of nitrogens with zero attached hydrogens (tertiary/aromatic N) is 2. The molecule has 0 spiro atoms. The second kappa shape index (κ2) is 6.82. The minimum absolute atomic E-state index is 0.105. The lowest BCUT2D eigenvalue weighted by molar-refractivity contribution is -0.112. The fourth-order valence-electron chi connectivity index (χ4n) is 2.17. The molecule has 0 saturated carbocycles. The van der Waals surface area contributed by atoms with E-state index in [9.17, 15) is 19.1 Å². The van der Waals surface area contributed by atoms with Crippen LogP contribution in [0.25, 0.3) is 6.08 Å². The van der Waals surface area contributed by atoms with Crippen LogP contribution in [0.15, 0.2) is 29.0 Å². The molecule has 1 aliphatic rings. The van der Waals surface area contributed by atoms with Gasteiger partial charge in [0.15, 0.2) is 12.0 Å². The zero-order chi connectivity index (χ0) is 17.1. The Morgan fingerprint density at radius 3 is 2.87 bits per heavy atom. The number of allylic oxidation sites excluding steroid dienone is 1. The average Bonchev–Trinajstić information content (AvgIpc) is 2.82. The fourth-order valence-corrected chi connectivity index (χ4v) is 2.17. The van der Waals surface area contributed by atoms with Crippen molar-refractivity contribution in [3.05, 3.63) is 40.2 Å². The number of anilines is 1. The van der Waals surface area contributed by atoms with Gasteiger partial charge in [-0.3, -0.25) is 9.36 Å². The number of nitrogens with two attached hydrogens (primary N) is 1. The van der Waals surface area contributed by atoms with Gasteiger partial charge in [0, 0.05) is 17.3 Å². The van der Waals surface area contributed by atoms with E-state index in [0.717, 1.165) is 4.57 Å². The first-order valence-corrected chi connectivity index (χ1v) is 6.71. The molecule has 2 heterocycles. The molecule has 1 aromatic heterocycles. The third-order valence-corrected chi connectivity index (χ3v) is 3.35. The van der Waals surface area contributed by atoms with Crippen molar-refractivity contribution in [1.29, 1.82) is 0 Å². The second-order valence-electron chi connectivity index (χ2n) is 4.98. The number of hydrogen-bond acceptors (Lipinski definition) is 7. The Morgan fingerprint density at radius 2 is 2.30 bits per heavy atom. The van der Waals surface area contributed by atoms with E-state index in [-0.39, 0.29) is 29.1 Å². The summed E-state index contributed by atoms with van der Waals surface area (Å²) < 4.78 is 19.3. The highest BCUT2D eigenvalue weighted by Crippen LogP contribution is 2.33. The number of ketones is 1. The highest BCUT2D eigenvalue weighted by molar-refractivity contribution is 5.92. The van der Waals surface area contributed by atoms with Gasteiger partial charge in [0.25, 0.3) is 0 Å². The number of nitrogen functional groups attached to an aromatic ring is 1. The molecule has 0 amide bonds. The minimum atomic E-state index is -1.39. The Kier molecular flexibility index (Phi) is 5.04. The molecule has 0 radical (unpaired) electrons. The van der Waals surface area contributed by atoms with Gasteiger partial charge in [-0.15, -0.1) is 0 Å². The number of aliphatic hydroxyl groups is 2. The van der Waals surface area contributed by atoms with Crippen molar-refractivity contribution in [1.82, 2.24) is 9.55 Å². The van der Waals surface area contributed by atoms with Crippen molar-refractivity contribution >= 4 is 17.7 Å². The first-order valence-electron chi connectivity index (χ1n) is 6.71.